The summed E-state index contributed by atoms with van der Waals surface area (Å²) in [5.74, 6) is -0.539. The Labute approximate surface area is 132 Å². The summed E-state index contributed by atoms with van der Waals surface area (Å²) in [7, 11) is 1.46. The molecule has 0 bridgehead atoms. The molecule has 0 saturated heterocycles. The number of nitrogens with one attached hydrogen (secondary N) is 2. The fourth-order valence-electron chi connectivity index (χ4n) is 1.98. The van der Waals surface area contributed by atoms with E-state index in [1.807, 2.05) is 0 Å². The number of carbonyl (C=O) groups is 1. The van der Waals surface area contributed by atoms with Crippen molar-refractivity contribution >= 4 is 11.6 Å². The summed E-state index contributed by atoms with van der Waals surface area (Å²) in [4.78, 5) is 11.9. The van der Waals surface area contributed by atoms with Gasteiger partial charge in [-0.05, 0) is 19.1 Å². The third kappa shape index (κ3) is 6.98. The maximum absolute atomic E-state index is 12.8. The van der Waals surface area contributed by atoms with Crippen LogP contribution in [0.25, 0.3) is 0 Å². The molecule has 0 heterocycles. The molecule has 1 aromatic rings. The number of amides is 1. The van der Waals surface area contributed by atoms with Crippen LogP contribution >= 0.6 is 0 Å². The van der Waals surface area contributed by atoms with Gasteiger partial charge in [0.2, 0.25) is 5.91 Å². The van der Waals surface area contributed by atoms with E-state index < -0.39 is 23.8 Å². The summed E-state index contributed by atoms with van der Waals surface area (Å²) in [5.41, 5.74) is -1.15. The van der Waals surface area contributed by atoms with Crippen LogP contribution < -0.4 is 10.6 Å². The van der Waals surface area contributed by atoms with Crippen LogP contribution in [0, 0.1) is 0 Å². The van der Waals surface area contributed by atoms with Gasteiger partial charge in [0.05, 0.1) is 24.0 Å². The number of methoxy groups -OCH3 is 1. The molecule has 1 amide bonds. The van der Waals surface area contributed by atoms with Gasteiger partial charge in [0, 0.05) is 26.1 Å². The number of halogens is 3. The van der Waals surface area contributed by atoms with E-state index in [1.54, 1.807) is 6.92 Å². The molecule has 2 atom stereocenters. The summed E-state index contributed by atoms with van der Waals surface area (Å²) in [6.45, 7) is 2.08. The number of aliphatic hydroxyl groups excluding tert-OH is 1. The number of rotatable bonds is 8. The Morgan fingerprint density at radius 1 is 1.35 bits per heavy atom. The Bertz CT molecular complexity index is 509. The Hall–Kier alpha value is -1.64. The minimum absolute atomic E-state index is 0.0219. The van der Waals surface area contributed by atoms with Crippen molar-refractivity contribution in [2.24, 2.45) is 0 Å². The molecule has 0 fully saturated rings. The first-order chi connectivity index (χ1) is 10.7. The molecule has 0 aliphatic rings. The summed E-state index contributed by atoms with van der Waals surface area (Å²) in [5, 5.41) is 14.7. The highest BCUT2D eigenvalue weighted by Crippen LogP contribution is 2.34. The second-order valence-electron chi connectivity index (χ2n) is 5.21. The maximum atomic E-state index is 12.8. The number of alkyl halides is 3. The van der Waals surface area contributed by atoms with Gasteiger partial charge in [0.25, 0.3) is 0 Å². The standard InChI is InChI=1S/C15H21F3N2O3/c1-10(19-8-11(21)9-23-2)7-14(22)20-13-6-4-3-5-12(13)15(16,17)18/h3-6,10-11,19,21H,7-9H2,1-2H3,(H,20,22). The van der Waals surface area contributed by atoms with Crippen LogP contribution in [0.2, 0.25) is 0 Å². The summed E-state index contributed by atoms with van der Waals surface area (Å²) in [6.07, 6.45) is -5.26. The van der Waals surface area contributed by atoms with Crippen LogP contribution in [0.4, 0.5) is 18.9 Å². The normalized spacial score (nSPS) is 14.3. The van der Waals surface area contributed by atoms with Crippen LogP contribution in [0.1, 0.15) is 18.9 Å². The van der Waals surface area contributed by atoms with Crippen molar-refractivity contribution < 1.29 is 27.8 Å². The van der Waals surface area contributed by atoms with Crippen LogP contribution in [-0.2, 0) is 15.7 Å². The highest BCUT2D eigenvalue weighted by atomic mass is 19.4. The largest absolute Gasteiger partial charge is 0.418 e. The average molecular weight is 334 g/mol. The lowest BCUT2D eigenvalue weighted by molar-refractivity contribution is -0.137. The first-order valence-electron chi connectivity index (χ1n) is 7.10. The van der Waals surface area contributed by atoms with Gasteiger partial charge >= 0.3 is 6.18 Å². The Kier molecular flexibility index (Phi) is 7.47. The number of benzene rings is 1. The second kappa shape index (κ2) is 8.85. The number of ether oxygens (including phenoxy) is 1. The van der Waals surface area contributed by atoms with E-state index in [-0.39, 0.29) is 31.3 Å². The third-order valence-corrected chi connectivity index (χ3v) is 3.06. The quantitative estimate of drug-likeness (QED) is 0.680. The van der Waals surface area contributed by atoms with E-state index >= 15 is 0 Å². The lowest BCUT2D eigenvalue weighted by Gasteiger charge is -2.17. The van der Waals surface area contributed by atoms with E-state index in [9.17, 15) is 23.1 Å². The smallest absolute Gasteiger partial charge is 0.389 e. The van der Waals surface area contributed by atoms with Gasteiger partial charge in [0.1, 0.15) is 0 Å². The van der Waals surface area contributed by atoms with Crippen LogP contribution in [0.3, 0.4) is 0 Å². The SMILES string of the molecule is COCC(O)CNC(C)CC(=O)Nc1ccccc1C(F)(F)F. The molecular weight excluding hydrogens is 313 g/mol. The second-order valence-corrected chi connectivity index (χ2v) is 5.21. The molecular formula is C15H21F3N2O3. The van der Waals surface area contributed by atoms with Gasteiger partial charge < -0.3 is 20.5 Å². The first-order valence-corrected chi connectivity index (χ1v) is 7.10. The molecule has 5 nitrogen and oxygen atoms in total. The molecule has 2 unspecified atom stereocenters. The minimum Gasteiger partial charge on any atom is -0.389 e. The van der Waals surface area contributed by atoms with Gasteiger partial charge in [-0.1, -0.05) is 12.1 Å². The molecule has 8 heteroatoms. The van der Waals surface area contributed by atoms with E-state index in [0.29, 0.717) is 0 Å². The maximum Gasteiger partial charge on any atom is 0.418 e. The number of anilines is 1. The Balaban J connectivity index is 2.54. The van der Waals surface area contributed by atoms with Gasteiger partial charge in [-0.25, -0.2) is 0 Å². The molecule has 0 aliphatic carbocycles. The number of hydrogen-bond donors (Lipinski definition) is 3. The van der Waals surface area contributed by atoms with Crippen molar-refractivity contribution in [1.29, 1.82) is 0 Å². The average Bonchev–Trinajstić information content (AvgIpc) is 2.44. The van der Waals surface area contributed by atoms with Crippen LogP contribution in [0.5, 0.6) is 0 Å². The van der Waals surface area contributed by atoms with Gasteiger partial charge in [-0.15, -0.1) is 0 Å². The summed E-state index contributed by atoms with van der Waals surface area (Å²) in [6, 6.07) is 4.51. The number of hydrogen-bond acceptors (Lipinski definition) is 4. The Morgan fingerprint density at radius 3 is 2.61 bits per heavy atom. The van der Waals surface area contributed by atoms with Gasteiger partial charge in [-0.2, -0.15) is 13.2 Å². The number of para-hydroxylation sites is 1. The lowest BCUT2D eigenvalue weighted by Crippen LogP contribution is -2.37. The minimum atomic E-state index is -4.53. The van der Waals surface area contributed by atoms with E-state index in [0.717, 1.165) is 6.07 Å². The van der Waals surface area contributed by atoms with E-state index in [4.69, 9.17) is 4.74 Å². The molecule has 1 aromatic carbocycles. The fraction of sp³-hybridized carbons (Fsp3) is 0.533. The monoisotopic (exact) mass is 334 g/mol. The molecule has 0 saturated carbocycles. The highest BCUT2D eigenvalue weighted by molar-refractivity contribution is 5.92. The molecule has 3 N–H and O–H groups in total. The first kappa shape index (κ1) is 19.4. The number of carbonyl (C=O) groups excluding carboxylic acids is 1. The van der Waals surface area contributed by atoms with E-state index in [1.165, 1.54) is 25.3 Å². The molecule has 23 heavy (non-hydrogen) atoms. The topological polar surface area (TPSA) is 70.6 Å². The molecule has 130 valence electrons. The summed E-state index contributed by atoms with van der Waals surface area (Å²) >= 11 is 0. The van der Waals surface area contributed by atoms with E-state index in [2.05, 4.69) is 10.6 Å². The highest BCUT2D eigenvalue weighted by Gasteiger charge is 2.33. The lowest BCUT2D eigenvalue weighted by atomic mass is 10.1. The van der Waals surface area contributed by atoms with Crippen molar-refractivity contribution in [2.45, 2.75) is 31.7 Å². The zero-order chi connectivity index (χ0) is 17.5. The molecule has 0 aromatic heterocycles. The zero-order valence-electron chi connectivity index (χ0n) is 13.0. The summed E-state index contributed by atoms with van der Waals surface area (Å²) < 4.78 is 43.3. The van der Waals surface area contributed by atoms with Gasteiger partial charge in [-0.3, -0.25) is 4.79 Å². The third-order valence-electron chi connectivity index (χ3n) is 3.06. The van der Waals surface area contributed by atoms with Crippen molar-refractivity contribution in [3.05, 3.63) is 29.8 Å². The van der Waals surface area contributed by atoms with Crippen molar-refractivity contribution in [1.82, 2.24) is 5.32 Å². The molecule has 0 aliphatic heterocycles. The van der Waals surface area contributed by atoms with Crippen LogP contribution in [-0.4, -0.2) is 43.4 Å². The predicted molar refractivity (Wildman–Crippen MR) is 80.0 cm³/mol. The predicted octanol–water partition coefficient (Wildman–Crippen LogP) is 2.02. The van der Waals surface area contributed by atoms with Crippen LogP contribution in [0.15, 0.2) is 24.3 Å². The molecule has 0 radical (unpaired) electrons. The number of aliphatic hydroxyl groups is 1. The van der Waals surface area contributed by atoms with Gasteiger partial charge in [0.15, 0.2) is 0 Å². The Morgan fingerprint density at radius 2 is 2.00 bits per heavy atom. The van der Waals surface area contributed by atoms with Crippen molar-refractivity contribution in [3.63, 3.8) is 0 Å². The zero-order valence-corrected chi connectivity index (χ0v) is 13.0. The van der Waals surface area contributed by atoms with Crippen molar-refractivity contribution in [3.8, 4) is 0 Å². The fourth-order valence-corrected chi connectivity index (χ4v) is 1.98. The van der Waals surface area contributed by atoms with Crippen molar-refractivity contribution in [2.75, 3.05) is 25.6 Å². The molecule has 0 spiro atoms. The molecule has 1 rings (SSSR count).